The normalized spacial score (nSPS) is 11.9. The molecule has 29 heavy (non-hydrogen) atoms. The number of hydrogen-bond acceptors (Lipinski definition) is 4. The first-order valence-electron chi connectivity index (χ1n) is 9.17. The Morgan fingerprint density at radius 1 is 1.10 bits per heavy atom. The average molecular weight is 396 g/mol. The number of rotatable bonds is 7. The highest BCUT2D eigenvalue weighted by atomic mass is 16.5. The maximum atomic E-state index is 12.9. The first-order valence-corrected chi connectivity index (χ1v) is 9.17. The Hall–Kier alpha value is -3.48. The zero-order valence-corrected chi connectivity index (χ0v) is 16.8. The van der Waals surface area contributed by atoms with Gasteiger partial charge in [0, 0.05) is 22.5 Å². The summed E-state index contributed by atoms with van der Waals surface area (Å²) in [6.45, 7) is 4.02. The lowest BCUT2D eigenvalue weighted by molar-refractivity contribution is -0.137. The van der Waals surface area contributed by atoms with E-state index in [1.165, 1.54) is 14.2 Å². The lowest BCUT2D eigenvalue weighted by Gasteiger charge is -2.20. The molecule has 2 aromatic carbocycles. The van der Waals surface area contributed by atoms with Crippen LogP contribution in [0.15, 0.2) is 36.4 Å². The Morgan fingerprint density at radius 2 is 1.86 bits per heavy atom. The van der Waals surface area contributed by atoms with Gasteiger partial charge in [0.25, 0.3) is 5.91 Å². The maximum Gasteiger partial charge on any atom is 0.305 e. The molecule has 1 heterocycles. The van der Waals surface area contributed by atoms with E-state index in [4.69, 9.17) is 9.47 Å². The van der Waals surface area contributed by atoms with Crippen LogP contribution in [-0.4, -0.2) is 36.2 Å². The molecule has 0 aliphatic rings. The number of fused-ring (bicyclic) bond motifs is 1. The molecule has 152 valence electrons. The molecule has 1 amide bonds. The third kappa shape index (κ3) is 4.18. The van der Waals surface area contributed by atoms with Crippen molar-refractivity contribution < 1.29 is 24.2 Å². The number of carbonyl (C=O) groups is 2. The van der Waals surface area contributed by atoms with E-state index in [0.29, 0.717) is 22.8 Å². The molecule has 1 aromatic heterocycles. The molecule has 0 aliphatic heterocycles. The Kier molecular flexibility index (Phi) is 5.77. The number of nitrogens with one attached hydrogen (secondary N) is 2. The summed E-state index contributed by atoms with van der Waals surface area (Å²) in [4.78, 5) is 27.4. The predicted octanol–water partition coefficient (Wildman–Crippen LogP) is 3.75. The Labute approximate surface area is 168 Å². The van der Waals surface area contributed by atoms with Gasteiger partial charge in [0.1, 0.15) is 17.2 Å². The van der Waals surface area contributed by atoms with Gasteiger partial charge in [-0.15, -0.1) is 0 Å². The Balaban J connectivity index is 1.94. The topological polar surface area (TPSA) is 101 Å². The van der Waals surface area contributed by atoms with E-state index in [2.05, 4.69) is 10.3 Å². The van der Waals surface area contributed by atoms with E-state index in [-0.39, 0.29) is 12.3 Å². The number of benzene rings is 2. The summed E-state index contributed by atoms with van der Waals surface area (Å²) in [6.07, 6.45) is -0.285. The van der Waals surface area contributed by atoms with E-state index in [9.17, 15) is 14.7 Å². The number of methoxy groups -OCH3 is 2. The number of hydrogen-bond donors (Lipinski definition) is 3. The largest absolute Gasteiger partial charge is 0.497 e. The fourth-order valence-corrected chi connectivity index (χ4v) is 3.34. The number of ether oxygens (including phenoxy) is 2. The fraction of sp³-hybridized carbons (Fsp3) is 0.273. The predicted molar refractivity (Wildman–Crippen MR) is 110 cm³/mol. The molecule has 3 rings (SSSR count). The van der Waals surface area contributed by atoms with Gasteiger partial charge in [-0.2, -0.15) is 0 Å². The van der Waals surface area contributed by atoms with Gasteiger partial charge in [0.05, 0.1) is 26.7 Å². The fourth-order valence-electron chi connectivity index (χ4n) is 3.34. The van der Waals surface area contributed by atoms with Gasteiger partial charge in [-0.05, 0) is 49.2 Å². The van der Waals surface area contributed by atoms with Crippen LogP contribution in [0.2, 0.25) is 0 Å². The van der Waals surface area contributed by atoms with E-state index >= 15 is 0 Å². The second kappa shape index (κ2) is 8.26. The number of aliphatic carboxylic acids is 1. The van der Waals surface area contributed by atoms with Crippen LogP contribution in [0.1, 0.15) is 39.6 Å². The summed E-state index contributed by atoms with van der Waals surface area (Å²) in [7, 11) is 3.02. The van der Waals surface area contributed by atoms with Crippen molar-refractivity contribution in [3.63, 3.8) is 0 Å². The minimum Gasteiger partial charge on any atom is -0.497 e. The van der Waals surface area contributed by atoms with Gasteiger partial charge < -0.3 is 24.9 Å². The SMILES string of the molecule is COc1ccc(C(CC(=O)O)NC(=O)c2cc3c(C)c(C)ccc3[nH]2)c(OC)c1. The zero-order chi connectivity index (χ0) is 21.1. The highest BCUT2D eigenvalue weighted by Gasteiger charge is 2.23. The summed E-state index contributed by atoms with van der Waals surface area (Å²) in [5.41, 5.74) is 4.02. The van der Waals surface area contributed by atoms with Crippen molar-refractivity contribution in [1.82, 2.24) is 10.3 Å². The van der Waals surface area contributed by atoms with Crippen LogP contribution in [0.4, 0.5) is 0 Å². The third-order valence-electron chi connectivity index (χ3n) is 5.09. The van der Waals surface area contributed by atoms with Gasteiger partial charge in [0.15, 0.2) is 0 Å². The molecule has 1 unspecified atom stereocenters. The van der Waals surface area contributed by atoms with Crippen molar-refractivity contribution in [1.29, 1.82) is 0 Å². The zero-order valence-electron chi connectivity index (χ0n) is 16.8. The highest BCUT2D eigenvalue weighted by Crippen LogP contribution is 2.31. The number of aryl methyl sites for hydroxylation is 2. The smallest absolute Gasteiger partial charge is 0.305 e. The highest BCUT2D eigenvalue weighted by molar-refractivity contribution is 5.99. The molecule has 3 N–H and O–H groups in total. The molecule has 0 spiro atoms. The van der Waals surface area contributed by atoms with Gasteiger partial charge in [-0.25, -0.2) is 0 Å². The molecular weight excluding hydrogens is 372 g/mol. The number of aromatic amines is 1. The van der Waals surface area contributed by atoms with Crippen LogP contribution in [0.5, 0.6) is 11.5 Å². The molecule has 0 saturated heterocycles. The first kappa shape index (κ1) is 20.3. The number of carbonyl (C=O) groups excluding carboxylic acids is 1. The van der Waals surface area contributed by atoms with Crippen molar-refractivity contribution in [2.24, 2.45) is 0 Å². The molecular formula is C22H24N2O5. The average Bonchev–Trinajstić information content (AvgIpc) is 3.14. The van der Waals surface area contributed by atoms with Crippen LogP contribution >= 0.6 is 0 Å². The molecule has 0 fully saturated rings. The summed E-state index contributed by atoms with van der Waals surface area (Å²) in [6, 6.07) is 10.00. The van der Waals surface area contributed by atoms with E-state index in [1.807, 2.05) is 26.0 Å². The first-order chi connectivity index (χ1) is 13.8. The number of carboxylic acids is 1. The van der Waals surface area contributed by atoms with Crippen molar-refractivity contribution in [3.05, 3.63) is 58.8 Å². The van der Waals surface area contributed by atoms with Crippen LogP contribution in [0, 0.1) is 13.8 Å². The van der Waals surface area contributed by atoms with E-state index in [1.54, 1.807) is 24.3 Å². The summed E-state index contributed by atoms with van der Waals surface area (Å²) < 4.78 is 10.6. The lowest BCUT2D eigenvalue weighted by Crippen LogP contribution is -2.30. The molecule has 7 nitrogen and oxygen atoms in total. The number of H-pyrrole nitrogens is 1. The van der Waals surface area contributed by atoms with Gasteiger partial charge in [-0.3, -0.25) is 9.59 Å². The monoisotopic (exact) mass is 396 g/mol. The molecule has 3 aromatic rings. The molecule has 1 atom stereocenters. The molecule has 7 heteroatoms. The standard InChI is InChI=1S/C22H24N2O5/c1-12-5-8-17-16(13(12)2)10-19(23-17)22(27)24-18(11-21(25)26)15-7-6-14(28-3)9-20(15)29-4/h5-10,18,23H,11H2,1-4H3,(H,24,27)(H,25,26). The molecule has 0 aliphatic carbocycles. The molecule has 0 bridgehead atoms. The molecule has 0 saturated carbocycles. The minimum atomic E-state index is -1.03. The van der Waals surface area contributed by atoms with Gasteiger partial charge >= 0.3 is 5.97 Å². The second-order valence-corrected chi connectivity index (χ2v) is 6.88. The lowest BCUT2D eigenvalue weighted by atomic mass is 10.0. The number of aromatic nitrogens is 1. The van der Waals surface area contributed by atoms with Crippen LogP contribution < -0.4 is 14.8 Å². The van der Waals surface area contributed by atoms with Crippen LogP contribution in [0.3, 0.4) is 0 Å². The van der Waals surface area contributed by atoms with Crippen LogP contribution in [0.25, 0.3) is 10.9 Å². The summed E-state index contributed by atoms with van der Waals surface area (Å²) in [5, 5.41) is 13.1. The van der Waals surface area contributed by atoms with E-state index in [0.717, 1.165) is 22.0 Å². The van der Waals surface area contributed by atoms with Crippen LogP contribution in [-0.2, 0) is 4.79 Å². The Bertz CT molecular complexity index is 1070. The Morgan fingerprint density at radius 3 is 2.52 bits per heavy atom. The van der Waals surface area contributed by atoms with Crippen molar-refractivity contribution >= 4 is 22.8 Å². The second-order valence-electron chi connectivity index (χ2n) is 6.88. The number of amides is 1. The third-order valence-corrected chi connectivity index (χ3v) is 5.09. The van der Waals surface area contributed by atoms with Crippen molar-refractivity contribution in [3.8, 4) is 11.5 Å². The van der Waals surface area contributed by atoms with Gasteiger partial charge in [0.2, 0.25) is 0 Å². The quantitative estimate of drug-likeness (QED) is 0.565. The summed E-state index contributed by atoms with van der Waals surface area (Å²) in [5.74, 6) is -0.398. The molecule has 0 radical (unpaired) electrons. The van der Waals surface area contributed by atoms with Gasteiger partial charge in [-0.1, -0.05) is 6.07 Å². The minimum absolute atomic E-state index is 0.285. The summed E-state index contributed by atoms with van der Waals surface area (Å²) >= 11 is 0. The number of carboxylic acid groups (broad SMARTS) is 1. The van der Waals surface area contributed by atoms with Crippen molar-refractivity contribution in [2.75, 3.05) is 14.2 Å². The van der Waals surface area contributed by atoms with E-state index < -0.39 is 12.0 Å². The van der Waals surface area contributed by atoms with Crippen molar-refractivity contribution in [2.45, 2.75) is 26.3 Å². The maximum absolute atomic E-state index is 12.9.